The zero-order valence-corrected chi connectivity index (χ0v) is 19.9. The van der Waals surface area contributed by atoms with E-state index in [9.17, 15) is 19.5 Å². The van der Waals surface area contributed by atoms with Crippen molar-refractivity contribution in [3.8, 4) is 17.1 Å². The Labute approximate surface area is 196 Å². The fourth-order valence-corrected chi connectivity index (χ4v) is 4.43. The fourth-order valence-electron chi connectivity index (χ4n) is 3.78. The largest absolute Gasteiger partial charge is 0.480 e. The van der Waals surface area contributed by atoms with Crippen molar-refractivity contribution in [3.63, 3.8) is 0 Å². The third-order valence-electron chi connectivity index (χ3n) is 5.52. The molecule has 0 unspecified atom stereocenters. The predicted molar refractivity (Wildman–Crippen MR) is 123 cm³/mol. The second kappa shape index (κ2) is 10.2. The number of carbonyl (C=O) groups excluding carboxylic acids is 2. The van der Waals surface area contributed by atoms with Crippen LogP contribution in [0.2, 0.25) is 0 Å². The fraction of sp³-hybridized carbons (Fsp3) is 0.478. The summed E-state index contributed by atoms with van der Waals surface area (Å²) in [5, 5.41) is 16.3. The molecule has 0 spiro atoms. The third kappa shape index (κ3) is 6.01. The molecule has 0 aliphatic carbocycles. The maximum atomic E-state index is 13.3. The van der Waals surface area contributed by atoms with Gasteiger partial charge in [-0.3, -0.25) is 4.79 Å². The maximum Gasteiger partial charge on any atom is 0.407 e. The number of methoxy groups -OCH3 is 1. The second-order valence-corrected chi connectivity index (χ2v) is 9.85. The smallest absolute Gasteiger partial charge is 0.407 e. The summed E-state index contributed by atoms with van der Waals surface area (Å²) in [6.45, 7) is 5.81. The first-order valence-corrected chi connectivity index (χ1v) is 11.5. The zero-order chi connectivity index (χ0) is 24.2. The Bertz CT molecular complexity index is 988. The van der Waals surface area contributed by atoms with Crippen molar-refractivity contribution in [2.24, 2.45) is 11.3 Å². The number of rotatable bonds is 7. The highest BCUT2D eigenvalue weighted by Crippen LogP contribution is 2.29. The molecule has 0 aromatic carbocycles. The first kappa shape index (κ1) is 24.5. The molecule has 3 atom stereocenters. The van der Waals surface area contributed by atoms with Gasteiger partial charge in [0.2, 0.25) is 11.8 Å². The molecule has 3 rings (SSSR count). The van der Waals surface area contributed by atoms with Gasteiger partial charge in [0.1, 0.15) is 12.1 Å². The number of carboxylic acids is 1. The van der Waals surface area contributed by atoms with Crippen molar-refractivity contribution in [1.29, 1.82) is 0 Å². The van der Waals surface area contributed by atoms with Crippen molar-refractivity contribution in [3.05, 3.63) is 35.0 Å². The monoisotopic (exact) mass is 475 g/mol. The third-order valence-corrected chi connectivity index (χ3v) is 6.21. The van der Waals surface area contributed by atoms with Crippen LogP contribution in [0.25, 0.3) is 11.3 Å². The van der Waals surface area contributed by atoms with Crippen molar-refractivity contribution in [2.45, 2.75) is 39.3 Å². The summed E-state index contributed by atoms with van der Waals surface area (Å²) < 4.78 is 10.5. The molecule has 9 nitrogen and oxygen atoms in total. The van der Waals surface area contributed by atoms with Crippen LogP contribution >= 0.6 is 11.3 Å². The zero-order valence-electron chi connectivity index (χ0n) is 19.1. The van der Waals surface area contributed by atoms with Crippen LogP contribution in [0.5, 0.6) is 5.88 Å². The van der Waals surface area contributed by atoms with E-state index in [0.717, 1.165) is 11.3 Å². The molecule has 2 aromatic rings. The summed E-state index contributed by atoms with van der Waals surface area (Å²) in [4.78, 5) is 42.8. The molecule has 2 aromatic heterocycles. The average Bonchev–Trinajstić information content (AvgIpc) is 3.45. The van der Waals surface area contributed by atoms with E-state index in [-0.39, 0.29) is 25.5 Å². The lowest BCUT2D eigenvalue weighted by molar-refractivity contribution is -0.150. The SMILES string of the molecule is COC(=O)N[C@H](C(=O)N1C[C@H](COc2cccc(-c3ccsc3)n2)C[C@H]1C(=O)O)C(C)(C)C. The van der Waals surface area contributed by atoms with Gasteiger partial charge in [-0.05, 0) is 29.3 Å². The van der Waals surface area contributed by atoms with E-state index in [2.05, 4.69) is 15.0 Å². The van der Waals surface area contributed by atoms with Gasteiger partial charge in [0, 0.05) is 29.5 Å². The molecule has 0 saturated carbocycles. The quantitative estimate of drug-likeness (QED) is 0.631. The lowest BCUT2D eigenvalue weighted by Crippen LogP contribution is -2.56. The number of aliphatic carboxylic acids is 1. The van der Waals surface area contributed by atoms with Crippen LogP contribution < -0.4 is 10.1 Å². The van der Waals surface area contributed by atoms with Gasteiger partial charge < -0.3 is 24.8 Å². The van der Waals surface area contributed by atoms with Crippen LogP contribution in [0.3, 0.4) is 0 Å². The number of carbonyl (C=O) groups is 3. The number of hydrogen-bond acceptors (Lipinski definition) is 7. The molecule has 1 aliphatic rings. The molecule has 10 heteroatoms. The van der Waals surface area contributed by atoms with Crippen molar-refractivity contribution in [2.75, 3.05) is 20.3 Å². The van der Waals surface area contributed by atoms with Crippen molar-refractivity contribution in [1.82, 2.24) is 15.2 Å². The summed E-state index contributed by atoms with van der Waals surface area (Å²) in [6.07, 6.45) is -0.494. The van der Waals surface area contributed by atoms with Crippen LogP contribution in [0.4, 0.5) is 4.79 Å². The Morgan fingerprint density at radius 2 is 2.06 bits per heavy atom. The lowest BCUT2D eigenvalue weighted by Gasteiger charge is -2.34. The molecule has 3 heterocycles. The molecule has 1 saturated heterocycles. The minimum Gasteiger partial charge on any atom is -0.480 e. The van der Waals surface area contributed by atoms with Gasteiger partial charge in [-0.2, -0.15) is 11.3 Å². The number of carboxylic acid groups (broad SMARTS) is 1. The van der Waals surface area contributed by atoms with Gasteiger partial charge in [-0.1, -0.05) is 26.8 Å². The van der Waals surface area contributed by atoms with Gasteiger partial charge in [0.05, 0.1) is 19.4 Å². The highest BCUT2D eigenvalue weighted by molar-refractivity contribution is 7.08. The van der Waals surface area contributed by atoms with Crippen LogP contribution in [0.1, 0.15) is 27.2 Å². The highest BCUT2D eigenvalue weighted by Gasteiger charge is 2.45. The molecule has 2 N–H and O–H groups in total. The van der Waals surface area contributed by atoms with Crippen LogP contribution in [0.15, 0.2) is 35.0 Å². The second-order valence-electron chi connectivity index (χ2n) is 9.07. The average molecular weight is 476 g/mol. The van der Waals surface area contributed by atoms with Gasteiger partial charge >= 0.3 is 12.1 Å². The molecule has 178 valence electrons. The number of thiophene rings is 1. The van der Waals surface area contributed by atoms with E-state index >= 15 is 0 Å². The van der Waals surface area contributed by atoms with E-state index in [4.69, 9.17) is 4.74 Å². The lowest BCUT2D eigenvalue weighted by atomic mass is 9.85. The van der Waals surface area contributed by atoms with E-state index in [1.807, 2.05) is 29.0 Å². The summed E-state index contributed by atoms with van der Waals surface area (Å²) in [5.74, 6) is -1.30. The summed E-state index contributed by atoms with van der Waals surface area (Å²) >= 11 is 1.58. The summed E-state index contributed by atoms with van der Waals surface area (Å²) in [5.41, 5.74) is 1.15. The van der Waals surface area contributed by atoms with Crippen LogP contribution in [-0.2, 0) is 14.3 Å². The first-order valence-electron chi connectivity index (χ1n) is 10.6. The number of amides is 2. The minimum atomic E-state index is -1.09. The molecule has 0 bridgehead atoms. The van der Waals surface area contributed by atoms with E-state index < -0.39 is 35.5 Å². The normalized spacial score (nSPS) is 19.1. The van der Waals surface area contributed by atoms with E-state index in [1.165, 1.54) is 12.0 Å². The van der Waals surface area contributed by atoms with Gasteiger partial charge in [-0.25, -0.2) is 14.6 Å². The predicted octanol–water partition coefficient (Wildman–Crippen LogP) is 3.26. The molecule has 0 radical (unpaired) electrons. The van der Waals surface area contributed by atoms with Gasteiger partial charge in [0.15, 0.2) is 0 Å². The summed E-state index contributed by atoms with van der Waals surface area (Å²) in [7, 11) is 1.21. The number of nitrogens with zero attached hydrogens (tertiary/aromatic N) is 2. The molecular weight excluding hydrogens is 446 g/mol. The minimum absolute atomic E-state index is 0.194. The van der Waals surface area contributed by atoms with Gasteiger partial charge in [0.25, 0.3) is 0 Å². The molecule has 33 heavy (non-hydrogen) atoms. The number of alkyl carbamates (subject to hydrolysis) is 1. The number of likely N-dealkylation sites (tertiary alicyclic amines) is 1. The number of pyridine rings is 1. The first-order chi connectivity index (χ1) is 15.6. The Hall–Kier alpha value is -3.14. The Morgan fingerprint density at radius 1 is 1.30 bits per heavy atom. The van der Waals surface area contributed by atoms with Crippen molar-refractivity contribution >= 4 is 29.3 Å². The van der Waals surface area contributed by atoms with E-state index in [1.54, 1.807) is 38.2 Å². The standard InChI is InChI=1S/C23H29N3O6S/c1-23(2,3)19(25-22(30)31-4)20(27)26-11-14(10-17(26)21(28)29)12-32-18-7-5-6-16(24-18)15-8-9-33-13-15/h5-9,13-14,17,19H,10-12H2,1-4H3,(H,25,30)(H,28,29)/t14-,17+,19-/m1/s1. The number of nitrogens with one attached hydrogen (secondary N) is 1. The number of hydrogen-bond donors (Lipinski definition) is 2. The van der Waals surface area contributed by atoms with E-state index in [0.29, 0.717) is 5.88 Å². The van der Waals surface area contributed by atoms with Crippen LogP contribution in [-0.4, -0.2) is 65.3 Å². The Morgan fingerprint density at radius 3 is 2.67 bits per heavy atom. The maximum absolute atomic E-state index is 13.3. The molecule has 1 fully saturated rings. The number of ether oxygens (including phenoxy) is 2. The topological polar surface area (TPSA) is 118 Å². The molecule has 2 amide bonds. The number of aromatic nitrogens is 1. The Balaban J connectivity index is 1.70. The van der Waals surface area contributed by atoms with Gasteiger partial charge in [-0.15, -0.1) is 0 Å². The molecular formula is C23H29N3O6S. The van der Waals surface area contributed by atoms with Crippen LogP contribution in [0, 0.1) is 11.3 Å². The Kier molecular flexibility index (Phi) is 7.57. The highest BCUT2D eigenvalue weighted by atomic mass is 32.1. The summed E-state index contributed by atoms with van der Waals surface area (Å²) in [6, 6.07) is 5.54. The molecule has 1 aliphatic heterocycles. The van der Waals surface area contributed by atoms with Crippen molar-refractivity contribution < 1.29 is 29.0 Å².